The topological polar surface area (TPSA) is 69.6 Å². The van der Waals surface area contributed by atoms with Gasteiger partial charge < -0.3 is 5.11 Å². The number of nitrogens with zero attached hydrogens (tertiary/aromatic N) is 1. The van der Waals surface area contributed by atoms with E-state index < -0.39 is 15.9 Å². The Hall–Kier alpha value is 0.692. The maximum atomic E-state index is 11.1. The van der Waals surface area contributed by atoms with Crippen LogP contribution in [0.15, 0.2) is 33.6 Å². The van der Waals surface area contributed by atoms with Crippen LogP contribution in [0.2, 0.25) is 0 Å². The fourth-order valence-electron chi connectivity index (χ4n) is 1.08. The van der Waals surface area contributed by atoms with E-state index in [4.69, 9.17) is 0 Å². The Bertz CT molecular complexity index is 466. The molecule has 0 spiro atoms. The first-order valence-electron chi connectivity index (χ1n) is 3.23. The molecule has 1 aromatic carbocycles. The maximum Gasteiger partial charge on any atom is 1.00 e. The number of rotatable bonds is 0. The largest absolute Gasteiger partial charge is 1.00 e. The van der Waals surface area contributed by atoms with Crippen molar-refractivity contribution in [3.8, 4) is 0 Å². The van der Waals surface area contributed by atoms with Gasteiger partial charge in [-0.25, -0.2) is 0 Å². The minimum atomic E-state index is -3.68. The molecule has 0 amide bonds. The molecule has 0 saturated heterocycles. The molecule has 13 heavy (non-hydrogen) atoms. The van der Waals surface area contributed by atoms with Crippen molar-refractivity contribution < 1.29 is 82.4 Å². The summed E-state index contributed by atoms with van der Waals surface area (Å²) in [5.41, 5.74) is 0.164. The molecule has 0 saturated carbocycles. The third-order valence-corrected chi connectivity index (χ3v) is 2.92. The summed E-state index contributed by atoms with van der Waals surface area (Å²) in [5.74, 6) is -0.675. The van der Waals surface area contributed by atoms with Gasteiger partial charge in [0.1, 0.15) is 0 Å². The Balaban J connectivity index is 0.000000845. The van der Waals surface area contributed by atoms with Crippen molar-refractivity contribution in [3.05, 3.63) is 29.8 Å². The zero-order valence-electron chi connectivity index (χ0n) is 6.89. The molecule has 62 valence electrons. The van der Waals surface area contributed by atoms with E-state index in [9.17, 15) is 13.5 Å². The van der Waals surface area contributed by atoms with E-state index in [1.807, 2.05) is 0 Å². The van der Waals surface area contributed by atoms with E-state index in [1.165, 1.54) is 12.1 Å². The van der Waals surface area contributed by atoms with Gasteiger partial charge in [-0.05, 0) is 6.07 Å². The van der Waals surface area contributed by atoms with E-state index >= 15 is 0 Å². The van der Waals surface area contributed by atoms with Crippen LogP contribution in [0.5, 0.6) is 0 Å². The summed E-state index contributed by atoms with van der Waals surface area (Å²) in [6.07, 6.45) is 0. The van der Waals surface area contributed by atoms with Gasteiger partial charge in [-0.15, -0.1) is 0 Å². The molecule has 2 rings (SSSR count). The molecular weight excluding hydrogens is 311 g/mol. The molecule has 0 atom stereocenters. The summed E-state index contributed by atoms with van der Waals surface area (Å²) >= 11 is 0. The summed E-state index contributed by atoms with van der Waals surface area (Å²) in [7, 11) is -3.68. The monoisotopic (exact) mass is 315 g/mol. The molecule has 6 heteroatoms. The second-order valence-electron chi connectivity index (χ2n) is 2.37. The van der Waals surface area contributed by atoms with Crippen LogP contribution in [-0.2, 0) is 10.0 Å². The van der Waals surface area contributed by atoms with Crippen molar-refractivity contribution in [2.24, 2.45) is 4.40 Å². The second-order valence-corrected chi connectivity index (χ2v) is 3.94. The quantitative estimate of drug-likeness (QED) is 0.499. The Morgan fingerprint density at radius 1 is 1.23 bits per heavy atom. The Labute approximate surface area is 135 Å². The van der Waals surface area contributed by atoms with Crippen LogP contribution in [0.4, 0.5) is 0 Å². The fraction of sp³-hybridized carbons (Fsp3) is 0. The first-order valence-corrected chi connectivity index (χ1v) is 4.67. The van der Waals surface area contributed by atoms with E-state index in [2.05, 4.69) is 4.40 Å². The molecule has 1 aliphatic rings. The molecule has 1 aliphatic heterocycles. The van der Waals surface area contributed by atoms with E-state index in [-0.39, 0.29) is 79.4 Å². The first-order chi connectivity index (χ1) is 5.61. The van der Waals surface area contributed by atoms with Crippen LogP contribution in [0, 0.1) is 0 Å². The van der Waals surface area contributed by atoms with Crippen molar-refractivity contribution in [1.29, 1.82) is 0 Å². The third kappa shape index (κ3) is 2.04. The van der Waals surface area contributed by atoms with Crippen LogP contribution in [0.25, 0.3) is 0 Å². The van der Waals surface area contributed by atoms with Gasteiger partial charge in [0.25, 0.3) is 10.0 Å². The zero-order valence-corrected chi connectivity index (χ0v) is 14.0. The van der Waals surface area contributed by atoms with Crippen molar-refractivity contribution in [1.82, 2.24) is 0 Å². The zero-order chi connectivity index (χ0) is 8.77. The molecule has 0 aromatic heterocycles. The predicted octanol–water partition coefficient (Wildman–Crippen LogP) is -3.50. The smallest absolute Gasteiger partial charge is 0.858 e. The molecule has 1 heterocycles. The average Bonchev–Trinajstić information content (AvgIpc) is 2.25. The van der Waals surface area contributed by atoms with Crippen LogP contribution in [0.3, 0.4) is 0 Å². The van der Waals surface area contributed by atoms with Crippen molar-refractivity contribution in [2.75, 3.05) is 0 Å². The van der Waals surface area contributed by atoms with Crippen LogP contribution in [0.1, 0.15) is 5.56 Å². The summed E-state index contributed by atoms with van der Waals surface area (Å²) < 4.78 is 25.2. The van der Waals surface area contributed by atoms with Gasteiger partial charge in [0.15, 0.2) is 0 Å². The summed E-state index contributed by atoms with van der Waals surface area (Å²) in [5, 5.41) is 10.9. The minimum absolute atomic E-state index is 0. The summed E-state index contributed by atoms with van der Waals surface area (Å²) in [4.78, 5) is 0.00926. The van der Waals surface area contributed by atoms with Crippen LogP contribution < -0.4 is 74.0 Å². The number of sulfonamides is 1. The van der Waals surface area contributed by atoms with Gasteiger partial charge in [0.2, 0.25) is 0 Å². The summed E-state index contributed by atoms with van der Waals surface area (Å²) in [6, 6.07) is 5.99. The first kappa shape index (κ1) is 11.8. The van der Waals surface area contributed by atoms with Crippen molar-refractivity contribution in [3.63, 3.8) is 0 Å². The molecule has 0 unspecified atom stereocenters. The number of benzene rings is 1. The predicted molar refractivity (Wildman–Crippen MR) is 40.2 cm³/mol. The van der Waals surface area contributed by atoms with Gasteiger partial charge in [-0.3, -0.25) is 0 Å². The molecule has 0 fully saturated rings. The van der Waals surface area contributed by atoms with Gasteiger partial charge >= 0.3 is 68.9 Å². The van der Waals surface area contributed by atoms with Gasteiger partial charge in [0.05, 0.1) is 4.90 Å². The number of hydrogen-bond acceptors (Lipinski definition) is 3. The van der Waals surface area contributed by atoms with E-state index in [0.717, 1.165) is 0 Å². The standard InChI is InChI=1S/C7H5NO3S.Cs/c9-7-5-3-1-2-4-6(5)12(10,11)8-7;/h1-4H,(H,8,9);/q;+1/p-1. The molecule has 0 N–H and O–H groups in total. The molecular formula is C7H4CsNO3S. The molecule has 0 radical (unpaired) electrons. The number of hydrogen-bond donors (Lipinski definition) is 0. The fourth-order valence-corrected chi connectivity index (χ4v) is 2.17. The number of fused-ring (bicyclic) bond motifs is 1. The second kappa shape index (κ2) is 4.05. The van der Waals surface area contributed by atoms with E-state index in [0.29, 0.717) is 0 Å². The average molecular weight is 315 g/mol. The molecule has 4 nitrogen and oxygen atoms in total. The van der Waals surface area contributed by atoms with Crippen LogP contribution in [-0.4, -0.2) is 14.3 Å². The third-order valence-electron chi connectivity index (χ3n) is 1.60. The Kier molecular flexibility index (Phi) is 3.67. The van der Waals surface area contributed by atoms with Gasteiger partial charge in [0, 0.05) is 11.5 Å². The van der Waals surface area contributed by atoms with Gasteiger partial charge in [-0.2, -0.15) is 12.8 Å². The maximum absolute atomic E-state index is 11.1. The summed E-state index contributed by atoms with van der Waals surface area (Å²) in [6.45, 7) is 0. The van der Waals surface area contributed by atoms with E-state index in [1.54, 1.807) is 12.1 Å². The molecule has 0 bridgehead atoms. The molecule has 0 aliphatic carbocycles. The minimum Gasteiger partial charge on any atom is -0.858 e. The Morgan fingerprint density at radius 3 is 2.46 bits per heavy atom. The van der Waals surface area contributed by atoms with Crippen LogP contribution >= 0.6 is 0 Å². The molecule has 1 aromatic rings. The van der Waals surface area contributed by atoms with Crippen molar-refractivity contribution >= 4 is 15.9 Å². The SMILES string of the molecule is O=S1(=O)N=C([O-])c2ccccc21.[Cs+]. The van der Waals surface area contributed by atoms with Crippen molar-refractivity contribution in [2.45, 2.75) is 4.90 Å². The van der Waals surface area contributed by atoms with Gasteiger partial charge in [-0.1, -0.05) is 18.2 Å². The Morgan fingerprint density at radius 2 is 1.85 bits per heavy atom. The normalized spacial score (nSPS) is 17.1.